The second-order valence-electron chi connectivity index (χ2n) is 4.43. The van der Waals surface area contributed by atoms with E-state index in [1.54, 1.807) is 11.3 Å². The van der Waals surface area contributed by atoms with Crippen LogP contribution in [0.3, 0.4) is 0 Å². The molecule has 1 aliphatic carbocycles. The van der Waals surface area contributed by atoms with E-state index in [0.717, 1.165) is 23.4 Å². The smallest absolute Gasteiger partial charge is 0.0970 e. The molecule has 2 N–H and O–H groups in total. The monoisotopic (exact) mass is 252 g/mol. The van der Waals surface area contributed by atoms with Crippen molar-refractivity contribution in [3.05, 3.63) is 28.2 Å². The first kappa shape index (κ1) is 10.5. The molecule has 1 aromatic heterocycles. The van der Waals surface area contributed by atoms with Crippen molar-refractivity contribution in [2.75, 3.05) is 0 Å². The number of fused-ring (bicyclic) bond motifs is 1. The van der Waals surface area contributed by atoms with Crippen molar-refractivity contribution in [2.24, 2.45) is 5.73 Å². The molecule has 16 heavy (non-hydrogen) atoms. The molecular weight excluding hydrogens is 240 g/mol. The Bertz CT molecular complexity index is 523. The third kappa shape index (κ3) is 1.83. The number of hydrogen-bond donors (Lipinski definition) is 1. The molecule has 0 amide bonds. The Kier molecular flexibility index (Phi) is 2.62. The summed E-state index contributed by atoms with van der Waals surface area (Å²) in [4.78, 5) is 4.67. The van der Waals surface area contributed by atoms with Crippen molar-refractivity contribution >= 4 is 33.2 Å². The molecule has 1 fully saturated rings. The molecule has 2 nitrogen and oxygen atoms in total. The van der Waals surface area contributed by atoms with Crippen molar-refractivity contribution in [3.8, 4) is 0 Å². The molecule has 2 atom stereocenters. The molecule has 0 saturated heterocycles. The van der Waals surface area contributed by atoms with E-state index in [4.69, 9.17) is 17.3 Å². The Labute approximate surface area is 103 Å². The minimum absolute atomic E-state index is 0.362. The number of aromatic nitrogens is 1. The molecule has 2 aromatic rings. The lowest BCUT2D eigenvalue weighted by molar-refractivity contribution is 0.673. The van der Waals surface area contributed by atoms with Gasteiger partial charge in [0.15, 0.2) is 0 Å². The van der Waals surface area contributed by atoms with Crippen LogP contribution in [0.1, 0.15) is 30.2 Å². The van der Waals surface area contributed by atoms with Gasteiger partial charge in [0.25, 0.3) is 0 Å². The molecular formula is C12H13ClN2S. The highest BCUT2D eigenvalue weighted by atomic mass is 35.5. The summed E-state index contributed by atoms with van der Waals surface area (Å²) in [5.41, 5.74) is 7.00. The summed E-state index contributed by atoms with van der Waals surface area (Å²) in [6.45, 7) is 0. The van der Waals surface area contributed by atoms with E-state index in [2.05, 4.69) is 4.98 Å². The maximum Gasteiger partial charge on any atom is 0.0970 e. The van der Waals surface area contributed by atoms with E-state index in [9.17, 15) is 0 Å². The third-order valence-corrected chi connectivity index (χ3v) is 4.61. The van der Waals surface area contributed by atoms with Crippen LogP contribution in [0.4, 0.5) is 0 Å². The molecule has 0 unspecified atom stereocenters. The number of rotatable bonds is 1. The van der Waals surface area contributed by atoms with Crippen LogP contribution in [-0.4, -0.2) is 11.0 Å². The van der Waals surface area contributed by atoms with E-state index < -0.39 is 0 Å². The van der Waals surface area contributed by atoms with Crippen LogP contribution in [0, 0.1) is 0 Å². The maximum atomic E-state index is 5.97. The number of halogens is 1. The minimum Gasteiger partial charge on any atom is -0.328 e. The summed E-state index contributed by atoms with van der Waals surface area (Å²) in [6.07, 6.45) is 3.38. The van der Waals surface area contributed by atoms with Gasteiger partial charge < -0.3 is 5.73 Å². The van der Waals surface area contributed by atoms with E-state index in [1.165, 1.54) is 16.1 Å². The summed E-state index contributed by atoms with van der Waals surface area (Å²) in [5.74, 6) is 0.561. The van der Waals surface area contributed by atoms with Gasteiger partial charge in [-0.2, -0.15) is 0 Å². The first-order chi connectivity index (χ1) is 7.72. The third-order valence-electron chi connectivity index (χ3n) is 3.19. The van der Waals surface area contributed by atoms with Crippen LogP contribution in [0.25, 0.3) is 10.2 Å². The number of thiazole rings is 1. The molecule has 3 rings (SSSR count). The number of hydrogen-bond acceptors (Lipinski definition) is 3. The Morgan fingerprint density at radius 3 is 3.00 bits per heavy atom. The first-order valence-electron chi connectivity index (χ1n) is 5.54. The lowest BCUT2D eigenvalue weighted by atomic mass is 10.1. The standard InChI is InChI=1S/C12H13ClN2S/c13-8-2-4-10-11(6-8)16-12(15-10)7-1-3-9(14)5-7/h2,4,6-7,9H,1,3,5,14H2/t7-,9+/m1/s1. The summed E-state index contributed by atoms with van der Waals surface area (Å²) >= 11 is 7.73. The van der Waals surface area contributed by atoms with Crippen LogP contribution in [0.2, 0.25) is 5.02 Å². The molecule has 1 heterocycles. The second kappa shape index (κ2) is 3.99. The zero-order valence-electron chi connectivity index (χ0n) is 8.82. The van der Waals surface area contributed by atoms with Gasteiger partial charge >= 0.3 is 0 Å². The minimum atomic E-state index is 0.362. The van der Waals surface area contributed by atoms with Gasteiger partial charge in [-0.05, 0) is 37.5 Å². The van der Waals surface area contributed by atoms with Crippen molar-refractivity contribution in [3.63, 3.8) is 0 Å². The average molecular weight is 253 g/mol. The van der Waals surface area contributed by atoms with Crippen molar-refractivity contribution in [1.82, 2.24) is 4.98 Å². The normalized spacial score (nSPS) is 25.4. The molecule has 1 aliphatic rings. The Morgan fingerprint density at radius 2 is 2.25 bits per heavy atom. The van der Waals surface area contributed by atoms with Gasteiger partial charge in [-0.3, -0.25) is 0 Å². The molecule has 0 spiro atoms. The fourth-order valence-corrected chi connectivity index (χ4v) is 3.72. The molecule has 1 aromatic carbocycles. The number of nitrogens with two attached hydrogens (primary N) is 1. The topological polar surface area (TPSA) is 38.9 Å². The number of benzene rings is 1. The highest BCUT2D eigenvalue weighted by Gasteiger charge is 2.25. The average Bonchev–Trinajstić information content (AvgIpc) is 2.83. The largest absolute Gasteiger partial charge is 0.328 e. The van der Waals surface area contributed by atoms with E-state index in [0.29, 0.717) is 12.0 Å². The highest BCUT2D eigenvalue weighted by Crippen LogP contribution is 2.38. The van der Waals surface area contributed by atoms with Gasteiger partial charge in [0.05, 0.1) is 15.2 Å². The SMILES string of the molecule is N[C@H]1CC[C@@H](c2nc3ccc(Cl)cc3s2)C1. The summed E-state index contributed by atoms with van der Waals surface area (Å²) in [7, 11) is 0. The quantitative estimate of drug-likeness (QED) is 0.843. The van der Waals surface area contributed by atoms with Crippen molar-refractivity contribution in [1.29, 1.82) is 0 Å². The molecule has 1 saturated carbocycles. The predicted octanol–water partition coefficient (Wildman–Crippen LogP) is 3.54. The number of nitrogens with zero attached hydrogens (tertiary/aromatic N) is 1. The summed E-state index contributed by atoms with van der Waals surface area (Å²) in [6, 6.07) is 6.24. The zero-order valence-corrected chi connectivity index (χ0v) is 10.4. The molecule has 84 valence electrons. The zero-order chi connectivity index (χ0) is 11.1. The van der Waals surface area contributed by atoms with Gasteiger partial charge in [0.2, 0.25) is 0 Å². The van der Waals surface area contributed by atoms with Crippen LogP contribution in [0.15, 0.2) is 18.2 Å². The van der Waals surface area contributed by atoms with Gasteiger partial charge in [0, 0.05) is 17.0 Å². The summed E-state index contributed by atoms with van der Waals surface area (Å²) < 4.78 is 1.18. The lowest BCUT2D eigenvalue weighted by Crippen LogP contribution is -2.14. The van der Waals surface area contributed by atoms with E-state index >= 15 is 0 Å². The van der Waals surface area contributed by atoms with Crippen LogP contribution < -0.4 is 5.73 Å². The predicted molar refractivity (Wildman–Crippen MR) is 69.2 cm³/mol. The Balaban J connectivity index is 1.99. The van der Waals surface area contributed by atoms with Crippen LogP contribution >= 0.6 is 22.9 Å². The molecule has 0 radical (unpaired) electrons. The summed E-state index contributed by atoms with van der Waals surface area (Å²) in [5, 5.41) is 2.01. The van der Waals surface area contributed by atoms with Gasteiger partial charge in [0.1, 0.15) is 0 Å². The van der Waals surface area contributed by atoms with Crippen LogP contribution in [0.5, 0.6) is 0 Å². The Hall–Kier alpha value is -0.640. The Morgan fingerprint density at radius 1 is 1.38 bits per heavy atom. The molecule has 0 bridgehead atoms. The fourth-order valence-electron chi connectivity index (χ4n) is 2.33. The van der Waals surface area contributed by atoms with Gasteiger partial charge in [-0.15, -0.1) is 11.3 Å². The van der Waals surface area contributed by atoms with E-state index in [-0.39, 0.29) is 0 Å². The molecule has 0 aliphatic heterocycles. The van der Waals surface area contributed by atoms with Crippen LogP contribution in [-0.2, 0) is 0 Å². The van der Waals surface area contributed by atoms with Crippen molar-refractivity contribution in [2.45, 2.75) is 31.2 Å². The lowest BCUT2D eigenvalue weighted by Gasteiger charge is -2.03. The fraction of sp³-hybridized carbons (Fsp3) is 0.417. The van der Waals surface area contributed by atoms with Crippen molar-refractivity contribution < 1.29 is 0 Å². The molecule has 4 heteroatoms. The highest BCUT2D eigenvalue weighted by molar-refractivity contribution is 7.18. The van der Waals surface area contributed by atoms with Gasteiger partial charge in [-0.1, -0.05) is 11.6 Å². The first-order valence-corrected chi connectivity index (χ1v) is 6.73. The second-order valence-corrected chi connectivity index (χ2v) is 5.93. The maximum absolute atomic E-state index is 5.97. The van der Waals surface area contributed by atoms with Gasteiger partial charge in [-0.25, -0.2) is 4.98 Å². The van der Waals surface area contributed by atoms with E-state index in [1.807, 2.05) is 18.2 Å².